The third kappa shape index (κ3) is 6.80. The second kappa shape index (κ2) is 11.6. The van der Waals surface area contributed by atoms with Gasteiger partial charge in [0.05, 0.1) is 0 Å². The van der Waals surface area contributed by atoms with E-state index in [1.165, 1.54) is 0 Å². The molecule has 0 spiro atoms. The van der Waals surface area contributed by atoms with Crippen molar-refractivity contribution >= 4 is 29.4 Å². The van der Waals surface area contributed by atoms with E-state index < -0.39 is 17.9 Å². The van der Waals surface area contributed by atoms with Crippen LogP contribution < -0.4 is 16.0 Å². The van der Waals surface area contributed by atoms with Crippen LogP contribution in [0.1, 0.15) is 42.3 Å². The van der Waals surface area contributed by atoms with Gasteiger partial charge in [-0.1, -0.05) is 54.1 Å². The van der Waals surface area contributed by atoms with E-state index in [0.717, 1.165) is 31.5 Å². The SMILES string of the molecule is O=C(C[C@@H](CNC(=O)C1CCNCC1)c1ccc(Cl)cc1)N[C@H](C(=O)O)c1ccccc1. The van der Waals surface area contributed by atoms with Crippen LogP contribution in [0.2, 0.25) is 5.02 Å². The van der Waals surface area contributed by atoms with Gasteiger partial charge < -0.3 is 21.1 Å². The normalized spacial score (nSPS) is 16.0. The Morgan fingerprint density at radius 2 is 1.66 bits per heavy atom. The van der Waals surface area contributed by atoms with Crippen LogP contribution in [-0.4, -0.2) is 42.5 Å². The van der Waals surface area contributed by atoms with E-state index in [0.29, 0.717) is 10.6 Å². The first-order valence-corrected chi connectivity index (χ1v) is 11.1. The molecule has 170 valence electrons. The van der Waals surface area contributed by atoms with E-state index in [-0.39, 0.29) is 30.7 Å². The number of amides is 2. The minimum absolute atomic E-state index is 0.0152. The molecule has 2 amide bonds. The first-order valence-electron chi connectivity index (χ1n) is 10.7. The number of carboxylic acid groups (broad SMARTS) is 1. The number of halogens is 1. The number of hydrogen-bond acceptors (Lipinski definition) is 4. The lowest BCUT2D eigenvalue weighted by Crippen LogP contribution is -2.40. The highest BCUT2D eigenvalue weighted by molar-refractivity contribution is 6.30. The van der Waals surface area contributed by atoms with Gasteiger partial charge in [0.15, 0.2) is 6.04 Å². The van der Waals surface area contributed by atoms with Crippen molar-refractivity contribution in [3.8, 4) is 0 Å². The number of carbonyl (C=O) groups excluding carboxylic acids is 2. The zero-order chi connectivity index (χ0) is 22.9. The summed E-state index contributed by atoms with van der Waals surface area (Å²) in [6.07, 6.45) is 1.61. The first kappa shape index (κ1) is 23.8. The highest BCUT2D eigenvalue weighted by Gasteiger charge is 2.26. The van der Waals surface area contributed by atoms with Gasteiger partial charge in [0, 0.05) is 29.8 Å². The highest BCUT2D eigenvalue weighted by atomic mass is 35.5. The lowest BCUT2D eigenvalue weighted by Gasteiger charge is -2.24. The molecule has 2 atom stereocenters. The van der Waals surface area contributed by atoms with Gasteiger partial charge in [-0.05, 0) is 49.2 Å². The van der Waals surface area contributed by atoms with Crippen LogP contribution in [0, 0.1) is 5.92 Å². The largest absolute Gasteiger partial charge is 0.479 e. The Balaban J connectivity index is 1.68. The fourth-order valence-electron chi connectivity index (χ4n) is 3.87. The molecule has 0 saturated carbocycles. The third-order valence-electron chi connectivity index (χ3n) is 5.69. The Morgan fingerprint density at radius 1 is 1.00 bits per heavy atom. The van der Waals surface area contributed by atoms with Crippen LogP contribution >= 0.6 is 11.6 Å². The molecule has 2 aromatic carbocycles. The fraction of sp³-hybridized carbons (Fsp3) is 0.375. The van der Waals surface area contributed by atoms with E-state index in [2.05, 4.69) is 16.0 Å². The maximum atomic E-state index is 12.8. The molecule has 1 saturated heterocycles. The van der Waals surface area contributed by atoms with Gasteiger partial charge in [0.25, 0.3) is 0 Å². The predicted octanol–water partition coefficient (Wildman–Crippen LogP) is 2.87. The molecule has 4 N–H and O–H groups in total. The van der Waals surface area contributed by atoms with E-state index in [9.17, 15) is 19.5 Å². The van der Waals surface area contributed by atoms with Crippen molar-refractivity contribution in [3.05, 3.63) is 70.7 Å². The first-order chi connectivity index (χ1) is 15.4. The Hall–Kier alpha value is -2.90. The van der Waals surface area contributed by atoms with Crippen LogP contribution in [0.3, 0.4) is 0 Å². The van der Waals surface area contributed by atoms with E-state index in [4.69, 9.17) is 11.6 Å². The quantitative estimate of drug-likeness (QED) is 0.463. The standard InChI is InChI=1S/C24H28ClN3O4/c25-20-8-6-16(7-9-20)19(15-27-23(30)18-10-12-26-13-11-18)14-21(29)28-22(24(31)32)17-4-2-1-3-5-17/h1-9,18-19,22,26H,10-15H2,(H,27,30)(H,28,29)(H,31,32)/t19-,22-/m0/s1. The summed E-state index contributed by atoms with van der Waals surface area (Å²) in [5.41, 5.74) is 1.34. The number of aliphatic carboxylic acids is 1. The minimum Gasteiger partial charge on any atom is -0.479 e. The van der Waals surface area contributed by atoms with Crippen LogP contribution in [0.15, 0.2) is 54.6 Å². The van der Waals surface area contributed by atoms with Crippen LogP contribution in [-0.2, 0) is 14.4 Å². The van der Waals surface area contributed by atoms with Gasteiger partial charge in [0.1, 0.15) is 0 Å². The molecular weight excluding hydrogens is 430 g/mol. The molecule has 7 nitrogen and oxygen atoms in total. The van der Waals surface area contributed by atoms with Crippen LogP contribution in [0.4, 0.5) is 0 Å². The third-order valence-corrected chi connectivity index (χ3v) is 5.94. The molecule has 0 unspecified atom stereocenters. The number of benzene rings is 2. The topological polar surface area (TPSA) is 108 Å². The van der Waals surface area contributed by atoms with Gasteiger partial charge in [-0.2, -0.15) is 0 Å². The zero-order valence-corrected chi connectivity index (χ0v) is 18.5. The average molecular weight is 458 g/mol. The van der Waals surface area contributed by atoms with Gasteiger partial charge in [-0.25, -0.2) is 4.79 Å². The molecular formula is C24H28ClN3O4. The summed E-state index contributed by atoms with van der Waals surface area (Å²) in [6.45, 7) is 1.91. The maximum Gasteiger partial charge on any atom is 0.330 e. The Morgan fingerprint density at radius 3 is 2.28 bits per heavy atom. The lowest BCUT2D eigenvalue weighted by atomic mass is 9.93. The summed E-state index contributed by atoms with van der Waals surface area (Å²) < 4.78 is 0. The van der Waals surface area contributed by atoms with Crippen molar-refractivity contribution in [1.29, 1.82) is 0 Å². The van der Waals surface area contributed by atoms with Crippen LogP contribution in [0.5, 0.6) is 0 Å². The molecule has 0 aromatic heterocycles. The summed E-state index contributed by atoms with van der Waals surface area (Å²) in [7, 11) is 0. The lowest BCUT2D eigenvalue weighted by molar-refractivity contribution is -0.142. The molecule has 1 fully saturated rings. The van der Waals surface area contributed by atoms with Gasteiger partial charge >= 0.3 is 5.97 Å². The van der Waals surface area contributed by atoms with Crippen molar-refractivity contribution in [2.24, 2.45) is 5.92 Å². The highest BCUT2D eigenvalue weighted by Crippen LogP contribution is 2.23. The fourth-order valence-corrected chi connectivity index (χ4v) is 4.00. The molecule has 1 aliphatic heterocycles. The van der Waals surface area contributed by atoms with Crippen molar-refractivity contribution in [2.75, 3.05) is 19.6 Å². The smallest absolute Gasteiger partial charge is 0.330 e. The van der Waals surface area contributed by atoms with E-state index in [1.54, 1.807) is 42.5 Å². The molecule has 0 radical (unpaired) electrons. The van der Waals surface area contributed by atoms with Gasteiger partial charge in [-0.3, -0.25) is 9.59 Å². The number of nitrogens with one attached hydrogen (secondary N) is 3. The Kier molecular flexibility index (Phi) is 8.64. The van der Waals surface area contributed by atoms with Crippen molar-refractivity contribution in [1.82, 2.24) is 16.0 Å². The summed E-state index contributed by atoms with van der Waals surface area (Å²) in [6, 6.07) is 14.5. The maximum absolute atomic E-state index is 12.8. The second-order valence-electron chi connectivity index (χ2n) is 7.97. The zero-order valence-electron chi connectivity index (χ0n) is 17.7. The summed E-state index contributed by atoms with van der Waals surface area (Å²) in [5.74, 6) is -1.91. The number of carbonyl (C=O) groups is 3. The summed E-state index contributed by atoms with van der Waals surface area (Å²) >= 11 is 6.00. The number of piperidine rings is 1. The molecule has 1 heterocycles. The Bertz CT molecular complexity index is 915. The minimum atomic E-state index is -1.14. The molecule has 32 heavy (non-hydrogen) atoms. The molecule has 1 aliphatic rings. The molecule has 3 rings (SSSR count). The summed E-state index contributed by atoms with van der Waals surface area (Å²) in [4.78, 5) is 37.1. The molecule has 0 bridgehead atoms. The van der Waals surface area contributed by atoms with Crippen molar-refractivity contribution in [2.45, 2.75) is 31.2 Å². The number of rotatable bonds is 9. The van der Waals surface area contributed by atoms with E-state index in [1.807, 2.05) is 12.1 Å². The van der Waals surface area contributed by atoms with E-state index >= 15 is 0 Å². The number of carboxylic acids is 1. The average Bonchev–Trinajstić information content (AvgIpc) is 2.81. The van der Waals surface area contributed by atoms with Crippen LogP contribution in [0.25, 0.3) is 0 Å². The van der Waals surface area contributed by atoms with Crippen molar-refractivity contribution in [3.63, 3.8) is 0 Å². The predicted molar refractivity (Wildman–Crippen MR) is 122 cm³/mol. The molecule has 2 aromatic rings. The molecule has 8 heteroatoms. The second-order valence-corrected chi connectivity index (χ2v) is 8.41. The molecule has 0 aliphatic carbocycles. The monoisotopic (exact) mass is 457 g/mol. The summed E-state index contributed by atoms with van der Waals surface area (Å²) in [5, 5.41) is 19.0. The van der Waals surface area contributed by atoms with Gasteiger partial charge in [0.2, 0.25) is 11.8 Å². The Labute approximate surface area is 192 Å². The van der Waals surface area contributed by atoms with Gasteiger partial charge in [-0.15, -0.1) is 0 Å². The number of hydrogen-bond donors (Lipinski definition) is 4. The van der Waals surface area contributed by atoms with Crippen molar-refractivity contribution < 1.29 is 19.5 Å².